The van der Waals surface area contributed by atoms with Crippen LogP contribution in [0.5, 0.6) is 0 Å². The molecule has 27 heavy (non-hydrogen) atoms. The molecule has 4 rings (SSSR count). The number of likely N-dealkylation sites (tertiary alicyclic amines) is 1. The van der Waals surface area contributed by atoms with Crippen LogP contribution in [0.1, 0.15) is 17.2 Å². The molecule has 1 aromatic carbocycles. The van der Waals surface area contributed by atoms with Crippen molar-refractivity contribution in [2.24, 2.45) is 5.92 Å². The highest BCUT2D eigenvalue weighted by Gasteiger charge is 2.40. The highest BCUT2D eigenvalue weighted by molar-refractivity contribution is 6.30. The maximum Gasteiger partial charge on any atom is 0.308 e. The van der Waals surface area contributed by atoms with Gasteiger partial charge in [-0.1, -0.05) is 29.8 Å². The van der Waals surface area contributed by atoms with Crippen LogP contribution in [-0.2, 0) is 16.0 Å². The minimum absolute atomic E-state index is 0.110. The van der Waals surface area contributed by atoms with Crippen molar-refractivity contribution in [3.63, 3.8) is 0 Å². The van der Waals surface area contributed by atoms with Crippen molar-refractivity contribution in [1.82, 2.24) is 14.3 Å². The lowest BCUT2D eigenvalue weighted by atomic mass is 9.89. The summed E-state index contributed by atoms with van der Waals surface area (Å²) in [5, 5.41) is 10.2. The molecule has 1 aliphatic heterocycles. The lowest BCUT2D eigenvalue weighted by Crippen LogP contribution is -2.31. The number of carbonyl (C=O) groups excluding carboxylic acids is 1. The molecule has 7 heteroatoms. The zero-order valence-electron chi connectivity index (χ0n) is 14.5. The van der Waals surface area contributed by atoms with E-state index in [1.165, 1.54) is 0 Å². The summed E-state index contributed by atoms with van der Waals surface area (Å²) in [5.74, 6) is -1.87. The Morgan fingerprint density at radius 2 is 1.93 bits per heavy atom. The molecule has 1 aliphatic rings. The predicted octanol–water partition coefficient (Wildman–Crippen LogP) is 2.86. The molecule has 1 fully saturated rings. The van der Waals surface area contributed by atoms with Crippen LogP contribution >= 0.6 is 11.6 Å². The van der Waals surface area contributed by atoms with Crippen molar-refractivity contribution in [3.05, 3.63) is 71.1 Å². The van der Waals surface area contributed by atoms with E-state index in [4.69, 9.17) is 11.6 Å². The van der Waals surface area contributed by atoms with Crippen LogP contribution in [0.25, 0.3) is 5.65 Å². The summed E-state index contributed by atoms with van der Waals surface area (Å²) in [6, 6.07) is 12.8. The van der Waals surface area contributed by atoms with Crippen LogP contribution in [0.3, 0.4) is 0 Å². The summed E-state index contributed by atoms with van der Waals surface area (Å²) in [7, 11) is 0. The highest BCUT2D eigenvalue weighted by Crippen LogP contribution is 2.33. The Morgan fingerprint density at radius 1 is 1.15 bits per heavy atom. The number of amides is 1. The first-order valence-electron chi connectivity index (χ1n) is 8.70. The molecule has 3 aromatic rings. The minimum atomic E-state index is -0.891. The van der Waals surface area contributed by atoms with Gasteiger partial charge in [-0.2, -0.15) is 0 Å². The summed E-state index contributed by atoms with van der Waals surface area (Å²) >= 11 is 5.93. The zero-order chi connectivity index (χ0) is 19.0. The lowest BCUT2D eigenvalue weighted by molar-refractivity contribution is -0.141. The van der Waals surface area contributed by atoms with Crippen LogP contribution in [-0.4, -0.2) is 44.4 Å². The number of benzene rings is 1. The molecule has 0 spiro atoms. The van der Waals surface area contributed by atoms with Crippen LogP contribution in [0.4, 0.5) is 0 Å². The normalized spacial score (nSPS) is 19.5. The van der Waals surface area contributed by atoms with Crippen molar-refractivity contribution in [3.8, 4) is 0 Å². The first-order chi connectivity index (χ1) is 13.0. The van der Waals surface area contributed by atoms with E-state index in [1.807, 2.05) is 47.1 Å². The molecule has 2 atom stereocenters. The molecule has 1 amide bonds. The van der Waals surface area contributed by atoms with Gasteiger partial charge < -0.3 is 14.4 Å². The van der Waals surface area contributed by atoms with Crippen LogP contribution in [0, 0.1) is 5.92 Å². The molecule has 0 radical (unpaired) electrons. The third kappa shape index (κ3) is 3.53. The second kappa shape index (κ2) is 7.04. The van der Waals surface area contributed by atoms with Crippen molar-refractivity contribution >= 4 is 29.1 Å². The molecule has 0 unspecified atom stereocenters. The van der Waals surface area contributed by atoms with E-state index in [9.17, 15) is 14.7 Å². The van der Waals surface area contributed by atoms with Crippen molar-refractivity contribution in [2.45, 2.75) is 12.3 Å². The number of hydrogen-bond donors (Lipinski definition) is 1. The van der Waals surface area contributed by atoms with Crippen LogP contribution < -0.4 is 0 Å². The first kappa shape index (κ1) is 17.5. The Hall–Kier alpha value is -2.86. The number of nitrogens with zero attached hydrogens (tertiary/aromatic N) is 3. The summed E-state index contributed by atoms with van der Waals surface area (Å²) < 4.78 is 1.86. The van der Waals surface area contributed by atoms with Crippen molar-refractivity contribution < 1.29 is 14.7 Å². The number of carbonyl (C=O) groups is 2. The number of hydrogen-bond acceptors (Lipinski definition) is 3. The van der Waals surface area contributed by atoms with E-state index in [0.717, 1.165) is 11.2 Å². The highest BCUT2D eigenvalue weighted by atomic mass is 35.5. The molecular formula is C20H18ClN3O3. The fraction of sp³-hybridized carbons (Fsp3) is 0.250. The molecular weight excluding hydrogens is 366 g/mol. The number of aromatic nitrogens is 2. The SMILES string of the molecule is O=C(O)[C@@H]1CN(C(=O)Cc2cn3ccccc3n2)C[C@H]1c1ccc(Cl)cc1. The number of carboxylic acids is 1. The van der Waals surface area contributed by atoms with Gasteiger partial charge in [-0.25, -0.2) is 4.98 Å². The monoisotopic (exact) mass is 383 g/mol. The molecule has 138 valence electrons. The average Bonchev–Trinajstić information content (AvgIpc) is 3.26. The topological polar surface area (TPSA) is 74.9 Å². The Morgan fingerprint density at radius 3 is 2.63 bits per heavy atom. The Balaban J connectivity index is 1.52. The van der Waals surface area contributed by atoms with E-state index in [2.05, 4.69) is 4.98 Å². The number of halogens is 1. The molecule has 2 aromatic heterocycles. The van der Waals surface area contributed by atoms with E-state index in [1.54, 1.807) is 17.0 Å². The van der Waals surface area contributed by atoms with Crippen molar-refractivity contribution in [1.29, 1.82) is 0 Å². The minimum Gasteiger partial charge on any atom is -0.481 e. The van der Waals surface area contributed by atoms with E-state index >= 15 is 0 Å². The summed E-state index contributed by atoms with van der Waals surface area (Å²) in [4.78, 5) is 30.5. The first-order valence-corrected chi connectivity index (χ1v) is 9.08. The maximum atomic E-state index is 12.8. The number of pyridine rings is 1. The fourth-order valence-corrected chi connectivity index (χ4v) is 3.77. The standard InChI is InChI=1S/C20H18ClN3O3/c21-14-6-4-13(5-7-14)16-11-24(12-17(16)20(26)27)19(25)9-15-10-23-8-2-1-3-18(23)22-15/h1-8,10,16-17H,9,11-12H2,(H,26,27)/t16-,17+/m0/s1. The van der Waals surface area contributed by atoms with E-state index < -0.39 is 11.9 Å². The molecule has 0 aliphatic carbocycles. The van der Waals surface area contributed by atoms with E-state index in [-0.39, 0.29) is 24.8 Å². The van der Waals surface area contributed by atoms with Gasteiger partial charge >= 0.3 is 5.97 Å². The van der Waals surface area contributed by atoms with Gasteiger partial charge in [0.25, 0.3) is 0 Å². The lowest BCUT2D eigenvalue weighted by Gasteiger charge is -2.16. The summed E-state index contributed by atoms with van der Waals surface area (Å²) in [6.45, 7) is 0.583. The molecule has 1 saturated heterocycles. The Bertz CT molecular complexity index is 966. The quantitative estimate of drug-likeness (QED) is 0.751. The Labute approximate surface area is 161 Å². The van der Waals surface area contributed by atoms with Gasteiger partial charge in [0.05, 0.1) is 18.0 Å². The van der Waals surface area contributed by atoms with Gasteiger partial charge in [-0.3, -0.25) is 9.59 Å². The predicted molar refractivity (Wildman–Crippen MR) is 101 cm³/mol. The number of rotatable bonds is 4. The third-order valence-corrected chi connectivity index (χ3v) is 5.29. The van der Waals surface area contributed by atoms with Gasteiger partial charge in [0, 0.05) is 36.4 Å². The second-order valence-electron chi connectivity index (χ2n) is 6.78. The number of imidazole rings is 1. The van der Waals surface area contributed by atoms with Crippen molar-refractivity contribution in [2.75, 3.05) is 13.1 Å². The van der Waals surface area contributed by atoms with Crippen LogP contribution in [0.2, 0.25) is 5.02 Å². The van der Waals surface area contributed by atoms with Gasteiger partial charge in [-0.15, -0.1) is 0 Å². The van der Waals surface area contributed by atoms with Gasteiger partial charge in [0.2, 0.25) is 5.91 Å². The smallest absolute Gasteiger partial charge is 0.308 e. The number of fused-ring (bicyclic) bond motifs is 1. The molecule has 1 N–H and O–H groups in total. The van der Waals surface area contributed by atoms with Crippen LogP contribution in [0.15, 0.2) is 54.9 Å². The maximum absolute atomic E-state index is 12.8. The Kier molecular flexibility index (Phi) is 4.58. The van der Waals surface area contributed by atoms with Gasteiger partial charge in [-0.05, 0) is 29.8 Å². The molecule has 6 nitrogen and oxygen atoms in total. The van der Waals surface area contributed by atoms with E-state index in [0.29, 0.717) is 17.3 Å². The fourth-order valence-electron chi connectivity index (χ4n) is 3.64. The van der Waals surface area contributed by atoms with Gasteiger partial charge in [0.15, 0.2) is 0 Å². The zero-order valence-corrected chi connectivity index (χ0v) is 15.2. The number of carboxylic acid groups (broad SMARTS) is 1. The molecule has 3 heterocycles. The second-order valence-corrected chi connectivity index (χ2v) is 7.21. The van der Waals surface area contributed by atoms with Gasteiger partial charge in [0.1, 0.15) is 5.65 Å². The molecule has 0 bridgehead atoms. The third-order valence-electron chi connectivity index (χ3n) is 5.03. The summed E-state index contributed by atoms with van der Waals surface area (Å²) in [5.41, 5.74) is 2.34. The molecule has 0 saturated carbocycles. The number of aliphatic carboxylic acids is 1. The largest absolute Gasteiger partial charge is 0.481 e. The summed E-state index contributed by atoms with van der Waals surface area (Å²) in [6.07, 6.45) is 3.86. The average molecular weight is 384 g/mol.